The Morgan fingerprint density at radius 1 is 1.21 bits per heavy atom. The maximum absolute atomic E-state index is 12.0. The molecule has 1 aromatic rings. The summed E-state index contributed by atoms with van der Waals surface area (Å²) in [7, 11) is 3.17. The first-order valence-corrected chi connectivity index (χ1v) is 7.41. The number of nitrogens with one attached hydrogen (secondary N) is 2. The third-order valence-electron chi connectivity index (χ3n) is 3.04. The number of hydrogen-bond donors (Lipinski definition) is 2. The first-order valence-electron chi connectivity index (χ1n) is 6.02. The van der Waals surface area contributed by atoms with Crippen molar-refractivity contribution in [3.63, 3.8) is 0 Å². The van der Waals surface area contributed by atoms with E-state index >= 15 is 0 Å². The lowest BCUT2D eigenvalue weighted by molar-refractivity contribution is -0.117. The van der Waals surface area contributed by atoms with Gasteiger partial charge in [-0.3, -0.25) is 4.79 Å². The molecule has 2 rings (SSSR count). The van der Waals surface area contributed by atoms with Crippen molar-refractivity contribution < 1.29 is 14.3 Å². The number of ether oxygens (including phenoxy) is 2. The third kappa shape index (κ3) is 2.89. The first-order chi connectivity index (χ1) is 9.19. The molecular weight excluding hydrogens is 264 g/mol. The highest BCUT2D eigenvalue weighted by Crippen LogP contribution is 2.38. The Morgan fingerprint density at radius 3 is 2.42 bits per heavy atom. The fourth-order valence-corrected chi connectivity index (χ4v) is 2.49. The second-order valence-electron chi connectivity index (χ2n) is 4.22. The third-order valence-corrected chi connectivity index (χ3v) is 3.68. The topological polar surface area (TPSA) is 59.6 Å². The number of anilines is 2. The van der Waals surface area contributed by atoms with Crippen molar-refractivity contribution in [2.24, 2.45) is 0 Å². The molecule has 19 heavy (non-hydrogen) atoms. The maximum atomic E-state index is 12.0. The van der Waals surface area contributed by atoms with Crippen LogP contribution in [0.1, 0.15) is 6.42 Å². The number of amides is 1. The largest absolute Gasteiger partial charge is 0.493 e. The van der Waals surface area contributed by atoms with Crippen molar-refractivity contribution in [1.29, 1.82) is 0 Å². The Kier molecular flexibility index (Phi) is 4.42. The number of hydrogen-bond acceptors (Lipinski definition) is 5. The Labute approximate surface area is 117 Å². The van der Waals surface area contributed by atoms with Gasteiger partial charge in [0.15, 0.2) is 11.5 Å². The summed E-state index contributed by atoms with van der Waals surface area (Å²) in [6.07, 6.45) is 2.82. The summed E-state index contributed by atoms with van der Waals surface area (Å²) in [5.74, 6) is 2.18. The number of carbonyl (C=O) groups is 1. The monoisotopic (exact) mass is 282 g/mol. The summed E-state index contributed by atoms with van der Waals surface area (Å²) in [6, 6.07) is 3.42. The zero-order chi connectivity index (χ0) is 13.8. The molecule has 0 saturated heterocycles. The number of carbonyl (C=O) groups excluding carboxylic acids is 1. The van der Waals surface area contributed by atoms with Gasteiger partial charge in [0, 0.05) is 12.1 Å². The van der Waals surface area contributed by atoms with Crippen molar-refractivity contribution in [3.05, 3.63) is 12.1 Å². The Bertz CT molecular complexity index is 479. The second-order valence-corrected chi connectivity index (χ2v) is 5.21. The predicted molar refractivity (Wildman–Crippen MR) is 78.6 cm³/mol. The Hall–Kier alpha value is -1.56. The lowest BCUT2D eigenvalue weighted by Gasteiger charge is -2.27. The summed E-state index contributed by atoms with van der Waals surface area (Å²) in [6.45, 7) is 0. The van der Waals surface area contributed by atoms with Gasteiger partial charge in [-0.2, -0.15) is 11.8 Å². The minimum absolute atomic E-state index is 0.00577. The van der Waals surface area contributed by atoms with E-state index in [9.17, 15) is 4.79 Å². The summed E-state index contributed by atoms with van der Waals surface area (Å²) in [5.41, 5.74) is 1.59. The van der Waals surface area contributed by atoms with Crippen LogP contribution in [-0.2, 0) is 4.79 Å². The van der Waals surface area contributed by atoms with E-state index in [1.54, 1.807) is 32.0 Å². The predicted octanol–water partition coefficient (Wildman–Crippen LogP) is 2.19. The normalized spacial score (nSPS) is 17.2. The SMILES string of the molecule is COc1cc2c(cc1OC)NC(CCSC)C(=O)N2. The van der Waals surface area contributed by atoms with E-state index in [0.29, 0.717) is 11.5 Å². The highest BCUT2D eigenvalue weighted by Gasteiger charge is 2.26. The van der Waals surface area contributed by atoms with Crippen LogP contribution in [0.5, 0.6) is 11.5 Å². The van der Waals surface area contributed by atoms with Gasteiger partial charge in [-0.1, -0.05) is 0 Å². The smallest absolute Gasteiger partial charge is 0.246 e. The van der Waals surface area contributed by atoms with Gasteiger partial charge in [0.05, 0.1) is 25.6 Å². The minimum atomic E-state index is -0.196. The molecule has 0 aliphatic carbocycles. The quantitative estimate of drug-likeness (QED) is 0.867. The van der Waals surface area contributed by atoms with Crippen molar-refractivity contribution in [2.75, 3.05) is 36.9 Å². The van der Waals surface area contributed by atoms with E-state index in [1.165, 1.54) is 0 Å². The van der Waals surface area contributed by atoms with E-state index in [1.807, 2.05) is 12.3 Å². The second kappa shape index (κ2) is 6.06. The van der Waals surface area contributed by atoms with E-state index in [-0.39, 0.29) is 11.9 Å². The molecule has 0 fully saturated rings. The van der Waals surface area contributed by atoms with Crippen molar-refractivity contribution in [2.45, 2.75) is 12.5 Å². The van der Waals surface area contributed by atoms with Gasteiger partial charge in [0.25, 0.3) is 0 Å². The molecule has 1 unspecified atom stereocenters. The molecule has 0 aromatic heterocycles. The summed E-state index contributed by atoms with van der Waals surface area (Å²) >= 11 is 1.73. The summed E-state index contributed by atoms with van der Waals surface area (Å²) in [4.78, 5) is 12.0. The van der Waals surface area contributed by atoms with Crippen LogP contribution in [0.15, 0.2) is 12.1 Å². The maximum Gasteiger partial charge on any atom is 0.246 e. The molecule has 0 saturated carbocycles. The molecule has 1 amide bonds. The molecule has 1 aliphatic rings. The molecule has 1 aromatic carbocycles. The molecular formula is C13H18N2O3S. The molecule has 0 bridgehead atoms. The standard InChI is InChI=1S/C13H18N2O3S/c1-17-11-6-9-10(7-12(11)18-2)15-13(16)8(14-9)4-5-19-3/h6-8,14H,4-5H2,1-3H3,(H,15,16). The number of rotatable bonds is 5. The fraction of sp³-hybridized carbons (Fsp3) is 0.462. The van der Waals surface area contributed by atoms with Gasteiger partial charge in [-0.15, -0.1) is 0 Å². The molecule has 1 atom stereocenters. The number of fused-ring (bicyclic) bond motifs is 1. The van der Waals surface area contributed by atoms with Gasteiger partial charge in [0.2, 0.25) is 5.91 Å². The molecule has 0 spiro atoms. The van der Waals surface area contributed by atoms with Crippen LogP contribution < -0.4 is 20.1 Å². The molecule has 1 heterocycles. The van der Waals surface area contributed by atoms with Crippen molar-refractivity contribution >= 4 is 29.0 Å². The van der Waals surface area contributed by atoms with E-state index in [4.69, 9.17) is 9.47 Å². The zero-order valence-electron chi connectivity index (χ0n) is 11.3. The van der Waals surface area contributed by atoms with Gasteiger partial charge in [-0.05, 0) is 18.4 Å². The molecule has 2 N–H and O–H groups in total. The zero-order valence-corrected chi connectivity index (χ0v) is 12.1. The lowest BCUT2D eigenvalue weighted by atomic mass is 10.1. The number of thioether (sulfide) groups is 1. The fourth-order valence-electron chi connectivity index (χ4n) is 2.01. The van der Waals surface area contributed by atoms with Gasteiger partial charge < -0.3 is 20.1 Å². The Balaban J connectivity index is 2.26. The molecule has 104 valence electrons. The van der Waals surface area contributed by atoms with Gasteiger partial charge >= 0.3 is 0 Å². The van der Waals surface area contributed by atoms with E-state index in [2.05, 4.69) is 10.6 Å². The van der Waals surface area contributed by atoms with Crippen molar-refractivity contribution in [1.82, 2.24) is 0 Å². The number of benzene rings is 1. The van der Waals surface area contributed by atoms with E-state index < -0.39 is 0 Å². The number of methoxy groups -OCH3 is 2. The van der Waals surface area contributed by atoms with Crippen LogP contribution in [0, 0.1) is 0 Å². The summed E-state index contributed by atoms with van der Waals surface area (Å²) in [5, 5.41) is 6.15. The van der Waals surface area contributed by atoms with Crippen LogP contribution in [0.2, 0.25) is 0 Å². The van der Waals surface area contributed by atoms with Gasteiger partial charge in [0.1, 0.15) is 6.04 Å². The Morgan fingerprint density at radius 2 is 1.84 bits per heavy atom. The van der Waals surface area contributed by atoms with Crippen LogP contribution in [-0.4, -0.2) is 38.2 Å². The molecule has 1 aliphatic heterocycles. The minimum Gasteiger partial charge on any atom is -0.493 e. The van der Waals surface area contributed by atoms with Crippen LogP contribution in [0.3, 0.4) is 0 Å². The highest BCUT2D eigenvalue weighted by molar-refractivity contribution is 7.98. The average molecular weight is 282 g/mol. The van der Waals surface area contributed by atoms with Crippen LogP contribution in [0.4, 0.5) is 11.4 Å². The van der Waals surface area contributed by atoms with E-state index in [0.717, 1.165) is 23.5 Å². The van der Waals surface area contributed by atoms with Gasteiger partial charge in [-0.25, -0.2) is 0 Å². The summed E-state index contributed by atoms with van der Waals surface area (Å²) < 4.78 is 10.5. The van der Waals surface area contributed by atoms with Crippen molar-refractivity contribution in [3.8, 4) is 11.5 Å². The lowest BCUT2D eigenvalue weighted by Crippen LogP contribution is -2.39. The van der Waals surface area contributed by atoms with Crippen LogP contribution >= 0.6 is 11.8 Å². The molecule has 0 radical (unpaired) electrons. The van der Waals surface area contributed by atoms with Crippen LogP contribution in [0.25, 0.3) is 0 Å². The molecule has 5 nitrogen and oxygen atoms in total. The molecule has 6 heteroatoms. The first kappa shape index (κ1) is 13.9. The average Bonchev–Trinajstić information content (AvgIpc) is 2.43. The highest BCUT2D eigenvalue weighted by atomic mass is 32.2.